The summed E-state index contributed by atoms with van der Waals surface area (Å²) in [4.78, 5) is 14.6. The molecule has 1 fully saturated rings. The smallest absolute Gasteiger partial charge is 0.324 e. The van der Waals surface area contributed by atoms with Gasteiger partial charge in [0.05, 0.1) is 5.69 Å². The monoisotopic (exact) mass is 272 g/mol. The lowest BCUT2D eigenvalue weighted by Crippen LogP contribution is -2.29. The van der Waals surface area contributed by atoms with Gasteiger partial charge in [-0.05, 0) is 18.2 Å². The Kier molecular flexibility index (Phi) is 2.65. The third-order valence-electron chi connectivity index (χ3n) is 2.42. The predicted octanol–water partition coefficient (Wildman–Crippen LogP) is 2.46. The average Bonchev–Trinajstić information content (AvgIpc) is 2.49. The first-order valence-corrected chi connectivity index (χ1v) is 5.36. The molecule has 2 amide bonds. The molecular weight excluding hydrogens is 263 g/mol. The topological polar surface area (TPSA) is 23.6 Å². The summed E-state index contributed by atoms with van der Waals surface area (Å²) in [5.74, 6) is -0.381. The zero-order valence-corrected chi connectivity index (χ0v) is 9.79. The van der Waals surface area contributed by atoms with Gasteiger partial charge in [0.25, 0.3) is 0 Å². The summed E-state index contributed by atoms with van der Waals surface area (Å²) in [5, 5.41) is 0. The normalized spacial score (nSPS) is 16.3. The van der Waals surface area contributed by atoms with E-state index in [4.69, 9.17) is 0 Å². The molecule has 1 aromatic carbocycles. The van der Waals surface area contributed by atoms with Crippen LogP contribution in [0.2, 0.25) is 0 Å². The summed E-state index contributed by atoms with van der Waals surface area (Å²) in [7, 11) is 1.71. The van der Waals surface area contributed by atoms with Crippen molar-refractivity contribution in [1.29, 1.82) is 0 Å². The van der Waals surface area contributed by atoms with E-state index in [0.29, 0.717) is 23.2 Å². The highest BCUT2D eigenvalue weighted by atomic mass is 79.9. The Morgan fingerprint density at radius 2 is 2.13 bits per heavy atom. The van der Waals surface area contributed by atoms with Gasteiger partial charge >= 0.3 is 6.03 Å². The van der Waals surface area contributed by atoms with E-state index in [1.54, 1.807) is 24.1 Å². The summed E-state index contributed by atoms with van der Waals surface area (Å²) < 4.78 is 14.2. The van der Waals surface area contributed by atoms with Crippen LogP contribution in [-0.4, -0.2) is 31.1 Å². The first kappa shape index (κ1) is 10.4. The van der Waals surface area contributed by atoms with E-state index in [2.05, 4.69) is 15.9 Å². The Bertz CT molecular complexity index is 410. The van der Waals surface area contributed by atoms with Gasteiger partial charge in [-0.15, -0.1) is 0 Å². The molecule has 2 rings (SSSR count). The number of nitrogens with zero attached hydrogens (tertiary/aromatic N) is 2. The molecule has 1 aliphatic heterocycles. The summed E-state index contributed by atoms with van der Waals surface area (Å²) in [6.45, 7) is 1.17. The zero-order chi connectivity index (χ0) is 11.0. The summed E-state index contributed by atoms with van der Waals surface area (Å²) in [5.41, 5.74) is 0.340. The van der Waals surface area contributed by atoms with Gasteiger partial charge in [-0.3, -0.25) is 4.90 Å². The minimum absolute atomic E-state index is 0.156. The molecule has 1 heterocycles. The number of hydrogen-bond donors (Lipinski definition) is 0. The van der Waals surface area contributed by atoms with Gasteiger partial charge in [0, 0.05) is 24.6 Å². The number of carbonyl (C=O) groups excluding carboxylic acids is 1. The van der Waals surface area contributed by atoms with Crippen molar-refractivity contribution in [2.45, 2.75) is 0 Å². The van der Waals surface area contributed by atoms with Crippen molar-refractivity contribution in [3.8, 4) is 0 Å². The van der Waals surface area contributed by atoms with E-state index >= 15 is 0 Å². The number of rotatable bonds is 1. The van der Waals surface area contributed by atoms with Crippen LogP contribution in [0.15, 0.2) is 22.7 Å². The largest absolute Gasteiger partial charge is 0.326 e. The highest BCUT2D eigenvalue weighted by Gasteiger charge is 2.28. The number of benzene rings is 1. The lowest BCUT2D eigenvalue weighted by atomic mass is 10.3. The van der Waals surface area contributed by atoms with Crippen molar-refractivity contribution >= 4 is 27.6 Å². The van der Waals surface area contributed by atoms with E-state index in [9.17, 15) is 9.18 Å². The Hall–Kier alpha value is -1.10. The van der Waals surface area contributed by atoms with Crippen LogP contribution in [0.1, 0.15) is 0 Å². The van der Waals surface area contributed by atoms with Crippen LogP contribution in [0.3, 0.4) is 0 Å². The molecule has 80 valence electrons. The Balaban J connectivity index is 2.34. The first-order chi connectivity index (χ1) is 7.09. The molecule has 0 aliphatic carbocycles. The third-order valence-corrected chi connectivity index (χ3v) is 2.91. The van der Waals surface area contributed by atoms with Gasteiger partial charge in [-0.1, -0.05) is 15.9 Å². The number of hydrogen-bond acceptors (Lipinski definition) is 1. The molecule has 0 saturated carbocycles. The second kappa shape index (κ2) is 3.81. The first-order valence-electron chi connectivity index (χ1n) is 4.57. The van der Waals surface area contributed by atoms with Gasteiger partial charge in [-0.2, -0.15) is 0 Å². The second-order valence-electron chi connectivity index (χ2n) is 3.45. The lowest BCUT2D eigenvalue weighted by Gasteiger charge is -2.16. The maximum absolute atomic E-state index is 13.6. The fourth-order valence-corrected chi connectivity index (χ4v) is 1.90. The standard InChI is InChI=1S/C10H10BrFN2O/c1-13-4-5-14(10(13)15)9-3-2-7(11)6-8(9)12/h2-3,6H,4-5H2,1H3. The number of amides is 2. The number of urea groups is 1. The van der Waals surface area contributed by atoms with Crippen LogP contribution >= 0.6 is 15.9 Å². The molecule has 0 unspecified atom stereocenters. The summed E-state index contributed by atoms with van der Waals surface area (Å²) in [6, 6.07) is 4.54. The van der Waals surface area contributed by atoms with Crippen molar-refractivity contribution in [3.05, 3.63) is 28.5 Å². The minimum atomic E-state index is -0.381. The molecular formula is C10H10BrFN2O. The quantitative estimate of drug-likeness (QED) is 0.771. The zero-order valence-electron chi connectivity index (χ0n) is 8.20. The van der Waals surface area contributed by atoms with Gasteiger partial charge in [0.2, 0.25) is 0 Å². The molecule has 1 aromatic rings. The molecule has 0 aromatic heterocycles. The highest BCUT2D eigenvalue weighted by molar-refractivity contribution is 9.10. The molecule has 5 heteroatoms. The van der Waals surface area contributed by atoms with E-state index in [-0.39, 0.29) is 11.8 Å². The lowest BCUT2D eigenvalue weighted by molar-refractivity contribution is 0.229. The van der Waals surface area contributed by atoms with Gasteiger partial charge < -0.3 is 4.90 Å². The molecule has 3 nitrogen and oxygen atoms in total. The van der Waals surface area contributed by atoms with E-state index in [0.717, 1.165) is 0 Å². The Labute approximate surface area is 95.6 Å². The SMILES string of the molecule is CN1CCN(c2ccc(Br)cc2F)C1=O. The van der Waals surface area contributed by atoms with E-state index in [1.807, 2.05) is 0 Å². The minimum Gasteiger partial charge on any atom is -0.326 e. The van der Waals surface area contributed by atoms with E-state index < -0.39 is 0 Å². The summed E-state index contributed by atoms with van der Waals surface area (Å²) in [6.07, 6.45) is 0. The fraction of sp³-hybridized carbons (Fsp3) is 0.300. The van der Waals surface area contributed by atoms with Crippen LogP contribution in [0.5, 0.6) is 0 Å². The molecule has 0 radical (unpaired) electrons. The van der Waals surface area contributed by atoms with Crippen molar-refractivity contribution < 1.29 is 9.18 Å². The predicted molar refractivity (Wildman–Crippen MR) is 59.5 cm³/mol. The number of halogens is 2. The third kappa shape index (κ3) is 1.84. The molecule has 0 atom stereocenters. The maximum Gasteiger partial charge on any atom is 0.324 e. The molecule has 0 bridgehead atoms. The second-order valence-corrected chi connectivity index (χ2v) is 4.37. The molecule has 15 heavy (non-hydrogen) atoms. The van der Waals surface area contributed by atoms with Gasteiger partial charge in [-0.25, -0.2) is 9.18 Å². The van der Waals surface area contributed by atoms with Crippen molar-refractivity contribution in [3.63, 3.8) is 0 Å². The Morgan fingerprint density at radius 1 is 1.40 bits per heavy atom. The highest BCUT2D eigenvalue weighted by Crippen LogP contribution is 2.25. The van der Waals surface area contributed by atoms with Crippen molar-refractivity contribution in [1.82, 2.24) is 4.90 Å². The summed E-state index contributed by atoms with van der Waals surface area (Å²) >= 11 is 3.18. The van der Waals surface area contributed by atoms with Crippen LogP contribution < -0.4 is 4.90 Å². The van der Waals surface area contributed by atoms with Crippen LogP contribution in [0, 0.1) is 5.82 Å². The van der Waals surface area contributed by atoms with Gasteiger partial charge in [0.15, 0.2) is 0 Å². The van der Waals surface area contributed by atoms with E-state index in [1.165, 1.54) is 11.0 Å². The van der Waals surface area contributed by atoms with Crippen molar-refractivity contribution in [2.24, 2.45) is 0 Å². The molecule has 0 N–H and O–H groups in total. The number of likely N-dealkylation sites (N-methyl/N-ethyl adjacent to an activating group) is 1. The maximum atomic E-state index is 13.6. The fourth-order valence-electron chi connectivity index (χ4n) is 1.57. The van der Waals surface area contributed by atoms with Crippen molar-refractivity contribution in [2.75, 3.05) is 25.0 Å². The molecule has 1 saturated heterocycles. The van der Waals surface area contributed by atoms with Gasteiger partial charge in [0.1, 0.15) is 5.82 Å². The number of anilines is 1. The van der Waals surface area contributed by atoms with Crippen LogP contribution in [0.25, 0.3) is 0 Å². The van der Waals surface area contributed by atoms with Crippen LogP contribution in [0.4, 0.5) is 14.9 Å². The average molecular weight is 273 g/mol. The Morgan fingerprint density at radius 3 is 2.67 bits per heavy atom. The molecule has 0 spiro atoms. The molecule has 1 aliphatic rings. The van der Waals surface area contributed by atoms with Crippen LogP contribution in [-0.2, 0) is 0 Å². The number of carbonyl (C=O) groups is 1.